The molecule has 22 heavy (non-hydrogen) atoms. The molecule has 2 unspecified atom stereocenters. The first-order chi connectivity index (χ1) is 10.7. The molecule has 0 heterocycles. The molecule has 2 aromatic rings. The van der Waals surface area contributed by atoms with Gasteiger partial charge in [0.2, 0.25) is 0 Å². The average Bonchev–Trinajstić information content (AvgIpc) is 2.55. The highest BCUT2D eigenvalue weighted by molar-refractivity contribution is 6.30. The van der Waals surface area contributed by atoms with Gasteiger partial charge in [-0.25, -0.2) is 0 Å². The Balaban J connectivity index is 1.85. The number of halogens is 1. The molecule has 0 spiro atoms. The van der Waals surface area contributed by atoms with Gasteiger partial charge in [-0.1, -0.05) is 41.9 Å². The Morgan fingerprint density at radius 2 is 1.77 bits per heavy atom. The number of carbonyl (C=O) groups is 1. The predicted molar refractivity (Wildman–Crippen MR) is 91.2 cm³/mol. The number of rotatable bonds is 4. The van der Waals surface area contributed by atoms with Crippen molar-refractivity contribution in [3.8, 4) is 0 Å². The van der Waals surface area contributed by atoms with Crippen LogP contribution >= 0.6 is 11.6 Å². The normalized spacial score (nSPS) is 19.7. The van der Waals surface area contributed by atoms with E-state index in [-0.39, 0.29) is 6.04 Å². The molecule has 3 heteroatoms. The first kappa shape index (κ1) is 15.1. The van der Waals surface area contributed by atoms with Gasteiger partial charge in [-0.2, -0.15) is 0 Å². The summed E-state index contributed by atoms with van der Waals surface area (Å²) in [5, 5.41) is 4.33. The molecule has 1 saturated carbocycles. The van der Waals surface area contributed by atoms with E-state index in [0.29, 0.717) is 18.1 Å². The van der Waals surface area contributed by atoms with Crippen molar-refractivity contribution in [1.82, 2.24) is 0 Å². The molecule has 1 N–H and O–H groups in total. The minimum atomic E-state index is 0.159. The van der Waals surface area contributed by atoms with Gasteiger partial charge in [0.15, 0.2) is 0 Å². The molecule has 0 saturated heterocycles. The van der Waals surface area contributed by atoms with Gasteiger partial charge in [-0.15, -0.1) is 0 Å². The fraction of sp³-hybridized carbons (Fsp3) is 0.316. The van der Waals surface area contributed by atoms with Crippen LogP contribution < -0.4 is 5.32 Å². The number of nitrogens with one attached hydrogen (secondary N) is 1. The fourth-order valence-electron chi connectivity index (χ4n) is 3.20. The van der Waals surface area contributed by atoms with Crippen molar-refractivity contribution in [3.63, 3.8) is 0 Å². The molecule has 0 amide bonds. The lowest BCUT2D eigenvalue weighted by atomic mass is 9.80. The van der Waals surface area contributed by atoms with Crippen LogP contribution in [0.15, 0.2) is 54.6 Å². The van der Waals surface area contributed by atoms with Crippen LogP contribution in [0, 0.1) is 5.92 Å². The summed E-state index contributed by atoms with van der Waals surface area (Å²) in [6, 6.07) is 18.3. The maximum atomic E-state index is 11.9. The Bertz CT molecular complexity index is 624. The highest BCUT2D eigenvalue weighted by Gasteiger charge is 2.28. The first-order valence-electron chi connectivity index (χ1n) is 7.81. The van der Waals surface area contributed by atoms with Crippen molar-refractivity contribution < 1.29 is 4.79 Å². The van der Waals surface area contributed by atoms with Crippen LogP contribution in [-0.2, 0) is 4.79 Å². The number of ketones is 1. The molecule has 2 nitrogen and oxygen atoms in total. The van der Waals surface area contributed by atoms with Crippen molar-refractivity contribution in [2.45, 2.75) is 31.7 Å². The fourth-order valence-corrected chi connectivity index (χ4v) is 3.33. The Morgan fingerprint density at radius 1 is 1.05 bits per heavy atom. The third-order valence-electron chi connectivity index (χ3n) is 4.32. The van der Waals surface area contributed by atoms with Crippen LogP contribution in [0.2, 0.25) is 5.02 Å². The van der Waals surface area contributed by atoms with Crippen molar-refractivity contribution in [2.24, 2.45) is 5.92 Å². The number of anilines is 1. The van der Waals surface area contributed by atoms with Crippen LogP contribution in [0.3, 0.4) is 0 Å². The zero-order valence-electron chi connectivity index (χ0n) is 12.5. The van der Waals surface area contributed by atoms with Gasteiger partial charge in [0.1, 0.15) is 5.78 Å². The number of Topliss-reactive ketones (excluding diaryl/α,β-unsaturated/α-hetero) is 1. The Hall–Kier alpha value is -1.80. The van der Waals surface area contributed by atoms with Crippen molar-refractivity contribution in [3.05, 3.63) is 65.2 Å². The molecule has 1 aliphatic rings. The van der Waals surface area contributed by atoms with Gasteiger partial charge in [-0.05, 0) is 48.6 Å². The molecule has 2 atom stereocenters. The number of hydrogen-bond acceptors (Lipinski definition) is 2. The zero-order valence-corrected chi connectivity index (χ0v) is 13.2. The van der Waals surface area contributed by atoms with Gasteiger partial charge in [0.25, 0.3) is 0 Å². The average molecular weight is 314 g/mol. The summed E-state index contributed by atoms with van der Waals surface area (Å²) in [6.45, 7) is 0. The van der Waals surface area contributed by atoms with Crippen LogP contribution in [0.1, 0.15) is 37.3 Å². The van der Waals surface area contributed by atoms with E-state index >= 15 is 0 Å². The quantitative estimate of drug-likeness (QED) is 0.835. The summed E-state index contributed by atoms with van der Waals surface area (Å²) in [7, 11) is 0. The van der Waals surface area contributed by atoms with Crippen molar-refractivity contribution in [1.29, 1.82) is 0 Å². The van der Waals surface area contributed by atoms with E-state index in [1.165, 1.54) is 5.56 Å². The molecule has 1 aliphatic carbocycles. The van der Waals surface area contributed by atoms with E-state index < -0.39 is 0 Å². The minimum absolute atomic E-state index is 0.159. The van der Waals surface area contributed by atoms with Crippen LogP contribution in [0.25, 0.3) is 0 Å². The molecule has 3 rings (SSSR count). The monoisotopic (exact) mass is 313 g/mol. The SMILES string of the molecule is O=C1CCCC(C(Nc2ccc(Cl)cc2)c2ccccc2)C1. The summed E-state index contributed by atoms with van der Waals surface area (Å²) in [4.78, 5) is 11.9. The third-order valence-corrected chi connectivity index (χ3v) is 4.57. The van der Waals surface area contributed by atoms with Gasteiger partial charge in [0, 0.05) is 23.6 Å². The number of hydrogen-bond donors (Lipinski definition) is 1. The van der Waals surface area contributed by atoms with E-state index in [0.717, 1.165) is 30.0 Å². The lowest BCUT2D eigenvalue weighted by molar-refractivity contribution is -0.121. The van der Waals surface area contributed by atoms with Crippen LogP contribution in [-0.4, -0.2) is 5.78 Å². The standard InChI is InChI=1S/C19H20ClNO/c20-16-9-11-17(12-10-16)21-19(14-5-2-1-3-6-14)15-7-4-8-18(22)13-15/h1-3,5-6,9-12,15,19,21H,4,7-8,13H2. The predicted octanol–water partition coefficient (Wildman–Crippen LogP) is 5.25. The van der Waals surface area contributed by atoms with Crippen molar-refractivity contribution >= 4 is 23.1 Å². The second-order valence-electron chi connectivity index (χ2n) is 5.93. The molecule has 114 valence electrons. The molecule has 1 fully saturated rings. The number of benzene rings is 2. The number of carbonyl (C=O) groups excluding carboxylic acids is 1. The lowest BCUT2D eigenvalue weighted by Crippen LogP contribution is -2.26. The van der Waals surface area contributed by atoms with Gasteiger partial charge in [0.05, 0.1) is 6.04 Å². The second kappa shape index (κ2) is 6.97. The highest BCUT2D eigenvalue weighted by atomic mass is 35.5. The van der Waals surface area contributed by atoms with E-state index in [1.54, 1.807) is 0 Å². The largest absolute Gasteiger partial charge is 0.378 e. The summed E-state index contributed by atoms with van der Waals surface area (Å²) >= 11 is 5.96. The highest BCUT2D eigenvalue weighted by Crippen LogP contribution is 2.35. The van der Waals surface area contributed by atoms with Crippen LogP contribution in [0.4, 0.5) is 5.69 Å². The van der Waals surface area contributed by atoms with E-state index in [9.17, 15) is 4.79 Å². The second-order valence-corrected chi connectivity index (χ2v) is 6.37. The zero-order chi connectivity index (χ0) is 15.4. The Morgan fingerprint density at radius 3 is 2.45 bits per heavy atom. The minimum Gasteiger partial charge on any atom is -0.378 e. The van der Waals surface area contributed by atoms with E-state index in [2.05, 4.69) is 29.6 Å². The maximum absolute atomic E-state index is 11.9. The summed E-state index contributed by atoms with van der Waals surface area (Å²) in [5.74, 6) is 0.731. The molecule has 0 aromatic heterocycles. The van der Waals surface area contributed by atoms with Gasteiger partial charge >= 0.3 is 0 Å². The topological polar surface area (TPSA) is 29.1 Å². The first-order valence-corrected chi connectivity index (χ1v) is 8.19. The van der Waals surface area contributed by atoms with Gasteiger partial charge < -0.3 is 5.32 Å². The van der Waals surface area contributed by atoms with E-state index in [1.807, 2.05) is 30.3 Å². The smallest absolute Gasteiger partial charge is 0.133 e. The van der Waals surface area contributed by atoms with Crippen LogP contribution in [0.5, 0.6) is 0 Å². The third kappa shape index (κ3) is 3.69. The summed E-state index contributed by atoms with van der Waals surface area (Å²) in [5.41, 5.74) is 2.27. The molecule has 0 bridgehead atoms. The maximum Gasteiger partial charge on any atom is 0.133 e. The summed E-state index contributed by atoms with van der Waals surface area (Å²) in [6.07, 6.45) is 3.49. The van der Waals surface area contributed by atoms with Crippen molar-refractivity contribution in [2.75, 3.05) is 5.32 Å². The lowest BCUT2D eigenvalue weighted by Gasteiger charge is -2.31. The molecular weight excluding hydrogens is 294 g/mol. The molecule has 0 aliphatic heterocycles. The van der Waals surface area contributed by atoms with Gasteiger partial charge in [-0.3, -0.25) is 4.79 Å². The molecule has 2 aromatic carbocycles. The summed E-state index contributed by atoms with van der Waals surface area (Å²) < 4.78 is 0. The molecule has 0 radical (unpaired) electrons. The molecular formula is C19H20ClNO. The Kier molecular flexibility index (Phi) is 4.79. The van der Waals surface area contributed by atoms with E-state index in [4.69, 9.17) is 11.6 Å². The Labute approximate surface area is 136 Å².